The van der Waals surface area contributed by atoms with Gasteiger partial charge in [0.1, 0.15) is 23.8 Å². The monoisotopic (exact) mass is 349 g/mol. The Balaban J connectivity index is 1.75. The fourth-order valence-corrected chi connectivity index (χ4v) is 2.39. The standard InChI is InChI=1S/C21H19NO4/c1-15-18(22-21(26-15)17-9-4-3-5-10-17)14-25-19-11-7-6-8-16(19)12-13-20(23)24-2/h3-13H,14H2,1-2H3/b13-12+. The minimum atomic E-state index is -0.417. The number of esters is 1. The van der Waals surface area contributed by atoms with Crippen molar-refractivity contribution in [2.45, 2.75) is 13.5 Å². The van der Waals surface area contributed by atoms with Gasteiger partial charge in [-0.3, -0.25) is 0 Å². The highest BCUT2D eigenvalue weighted by molar-refractivity contribution is 5.87. The molecule has 0 aliphatic rings. The molecule has 5 heteroatoms. The number of hydrogen-bond acceptors (Lipinski definition) is 5. The third-order valence-electron chi connectivity index (χ3n) is 3.80. The van der Waals surface area contributed by atoms with Crippen LogP contribution in [-0.2, 0) is 16.1 Å². The number of rotatable bonds is 6. The van der Waals surface area contributed by atoms with E-state index in [0.717, 1.165) is 16.8 Å². The van der Waals surface area contributed by atoms with Gasteiger partial charge in [-0.2, -0.15) is 0 Å². The highest BCUT2D eigenvalue weighted by Gasteiger charge is 2.12. The Hall–Kier alpha value is -3.34. The van der Waals surface area contributed by atoms with Crippen LogP contribution in [0.15, 0.2) is 65.1 Å². The number of para-hydroxylation sites is 1. The Morgan fingerprint density at radius 2 is 1.85 bits per heavy atom. The van der Waals surface area contributed by atoms with Gasteiger partial charge in [-0.05, 0) is 31.2 Å². The van der Waals surface area contributed by atoms with Crippen LogP contribution in [0.4, 0.5) is 0 Å². The van der Waals surface area contributed by atoms with Crippen molar-refractivity contribution in [2.75, 3.05) is 7.11 Å². The minimum absolute atomic E-state index is 0.269. The summed E-state index contributed by atoms with van der Waals surface area (Å²) in [7, 11) is 1.34. The van der Waals surface area contributed by atoms with Gasteiger partial charge in [0.2, 0.25) is 5.89 Å². The van der Waals surface area contributed by atoms with Gasteiger partial charge in [0.05, 0.1) is 7.11 Å². The topological polar surface area (TPSA) is 61.6 Å². The molecule has 0 unspecified atom stereocenters. The molecular formula is C21H19NO4. The van der Waals surface area contributed by atoms with E-state index < -0.39 is 5.97 Å². The van der Waals surface area contributed by atoms with Crippen LogP contribution in [0.1, 0.15) is 17.0 Å². The van der Waals surface area contributed by atoms with Gasteiger partial charge in [-0.1, -0.05) is 36.4 Å². The fraction of sp³-hybridized carbons (Fsp3) is 0.143. The fourth-order valence-electron chi connectivity index (χ4n) is 2.39. The smallest absolute Gasteiger partial charge is 0.330 e. The normalized spacial score (nSPS) is 10.8. The van der Waals surface area contributed by atoms with Crippen LogP contribution in [0.5, 0.6) is 5.75 Å². The molecular weight excluding hydrogens is 330 g/mol. The molecule has 132 valence electrons. The summed E-state index contributed by atoms with van der Waals surface area (Å²) in [6.07, 6.45) is 3.02. The summed E-state index contributed by atoms with van der Waals surface area (Å²) in [5, 5.41) is 0. The van der Waals surface area contributed by atoms with E-state index in [0.29, 0.717) is 17.4 Å². The molecule has 3 rings (SSSR count). The molecule has 1 aromatic heterocycles. The Morgan fingerprint density at radius 1 is 1.12 bits per heavy atom. The summed E-state index contributed by atoms with van der Waals surface area (Å²) in [6.45, 7) is 2.13. The van der Waals surface area contributed by atoms with Gasteiger partial charge in [0, 0.05) is 17.2 Å². The van der Waals surface area contributed by atoms with Crippen molar-refractivity contribution in [1.29, 1.82) is 0 Å². The lowest BCUT2D eigenvalue weighted by molar-refractivity contribution is -0.134. The van der Waals surface area contributed by atoms with Gasteiger partial charge in [-0.25, -0.2) is 9.78 Å². The number of carbonyl (C=O) groups is 1. The lowest BCUT2D eigenvalue weighted by Crippen LogP contribution is -1.99. The maximum absolute atomic E-state index is 11.3. The average Bonchev–Trinajstić information content (AvgIpc) is 3.06. The molecule has 0 bridgehead atoms. The van der Waals surface area contributed by atoms with Crippen LogP contribution in [0.25, 0.3) is 17.5 Å². The van der Waals surface area contributed by atoms with Crippen molar-refractivity contribution < 1.29 is 18.7 Å². The molecule has 0 radical (unpaired) electrons. The molecule has 0 aliphatic carbocycles. The lowest BCUT2D eigenvalue weighted by Gasteiger charge is -2.07. The largest absolute Gasteiger partial charge is 0.487 e. The zero-order valence-electron chi connectivity index (χ0n) is 14.6. The molecule has 5 nitrogen and oxygen atoms in total. The predicted molar refractivity (Wildman–Crippen MR) is 98.5 cm³/mol. The first-order valence-electron chi connectivity index (χ1n) is 8.17. The van der Waals surface area contributed by atoms with Crippen molar-refractivity contribution in [3.8, 4) is 17.2 Å². The summed E-state index contributed by atoms with van der Waals surface area (Å²) < 4.78 is 16.3. The Bertz CT molecular complexity index is 913. The number of carbonyl (C=O) groups excluding carboxylic acids is 1. The van der Waals surface area contributed by atoms with Crippen molar-refractivity contribution in [2.24, 2.45) is 0 Å². The number of hydrogen-bond donors (Lipinski definition) is 0. The molecule has 0 fully saturated rings. The van der Waals surface area contributed by atoms with Gasteiger partial charge in [0.25, 0.3) is 0 Å². The maximum atomic E-state index is 11.3. The molecule has 26 heavy (non-hydrogen) atoms. The van der Waals surface area contributed by atoms with E-state index in [2.05, 4.69) is 9.72 Å². The first-order valence-corrected chi connectivity index (χ1v) is 8.17. The second-order valence-electron chi connectivity index (χ2n) is 5.57. The van der Waals surface area contributed by atoms with Gasteiger partial charge in [-0.15, -0.1) is 0 Å². The zero-order chi connectivity index (χ0) is 18.4. The number of benzene rings is 2. The van der Waals surface area contributed by atoms with Crippen LogP contribution < -0.4 is 4.74 Å². The van der Waals surface area contributed by atoms with Crippen LogP contribution in [0.2, 0.25) is 0 Å². The van der Waals surface area contributed by atoms with E-state index in [-0.39, 0.29) is 6.61 Å². The Labute approximate surface area is 151 Å². The highest BCUT2D eigenvalue weighted by Crippen LogP contribution is 2.24. The molecule has 0 saturated heterocycles. The van der Waals surface area contributed by atoms with E-state index >= 15 is 0 Å². The first-order chi connectivity index (χ1) is 12.7. The lowest BCUT2D eigenvalue weighted by atomic mass is 10.2. The number of methoxy groups -OCH3 is 1. The Morgan fingerprint density at radius 3 is 2.62 bits per heavy atom. The third kappa shape index (κ3) is 4.19. The first kappa shape index (κ1) is 17.5. The van der Waals surface area contributed by atoms with Crippen molar-refractivity contribution in [3.63, 3.8) is 0 Å². The average molecular weight is 349 g/mol. The Kier molecular flexibility index (Phi) is 5.49. The molecule has 0 aliphatic heterocycles. The predicted octanol–water partition coefficient (Wildman–Crippen LogP) is 4.42. The van der Waals surface area contributed by atoms with Crippen LogP contribution in [-0.4, -0.2) is 18.1 Å². The molecule has 3 aromatic rings. The van der Waals surface area contributed by atoms with Gasteiger partial charge in [0.15, 0.2) is 0 Å². The molecule has 0 saturated carbocycles. The summed E-state index contributed by atoms with van der Waals surface area (Å²) in [4.78, 5) is 15.8. The van der Waals surface area contributed by atoms with Crippen LogP contribution in [0, 0.1) is 6.92 Å². The molecule has 0 amide bonds. The SMILES string of the molecule is COC(=O)/C=C/c1ccccc1OCc1nc(-c2ccccc2)oc1C. The van der Waals surface area contributed by atoms with Gasteiger partial charge >= 0.3 is 5.97 Å². The number of ether oxygens (including phenoxy) is 2. The van der Waals surface area contributed by atoms with E-state index in [1.54, 1.807) is 6.08 Å². The number of aromatic nitrogens is 1. The zero-order valence-corrected chi connectivity index (χ0v) is 14.6. The number of nitrogens with zero attached hydrogens (tertiary/aromatic N) is 1. The van der Waals surface area contributed by atoms with Crippen LogP contribution in [0.3, 0.4) is 0 Å². The summed E-state index contributed by atoms with van der Waals surface area (Å²) in [6, 6.07) is 17.2. The molecule has 0 atom stereocenters. The third-order valence-corrected chi connectivity index (χ3v) is 3.80. The highest BCUT2D eigenvalue weighted by atomic mass is 16.5. The second-order valence-corrected chi connectivity index (χ2v) is 5.57. The minimum Gasteiger partial charge on any atom is -0.487 e. The van der Waals surface area contributed by atoms with E-state index in [9.17, 15) is 4.79 Å². The molecule has 2 aromatic carbocycles. The molecule has 1 heterocycles. The van der Waals surface area contributed by atoms with Crippen molar-refractivity contribution >= 4 is 12.0 Å². The quantitative estimate of drug-likeness (QED) is 0.487. The molecule has 0 spiro atoms. The molecule has 0 N–H and O–H groups in total. The number of oxazole rings is 1. The van der Waals surface area contributed by atoms with Gasteiger partial charge < -0.3 is 13.9 Å². The summed E-state index contributed by atoms with van der Waals surface area (Å²) in [5.74, 6) is 1.52. The van der Waals surface area contributed by atoms with Crippen molar-refractivity contribution in [3.05, 3.63) is 77.7 Å². The maximum Gasteiger partial charge on any atom is 0.330 e. The number of aryl methyl sites for hydroxylation is 1. The summed E-state index contributed by atoms with van der Waals surface area (Å²) in [5.41, 5.74) is 2.43. The van der Waals surface area contributed by atoms with E-state index in [1.165, 1.54) is 13.2 Å². The van der Waals surface area contributed by atoms with Crippen molar-refractivity contribution in [1.82, 2.24) is 4.98 Å². The summed E-state index contributed by atoms with van der Waals surface area (Å²) >= 11 is 0. The second kappa shape index (κ2) is 8.16. The van der Waals surface area contributed by atoms with E-state index in [4.69, 9.17) is 9.15 Å². The van der Waals surface area contributed by atoms with E-state index in [1.807, 2.05) is 61.5 Å². The van der Waals surface area contributed by atoms with Crippen LogP contribution >= 0.6 is 0 Å².